The van der Waals surface area contributed by atoms with Crippen molar-refractivity contribution in [3.63, 3.8) is 0 Å². The van der Waals surface area contributed by atoms with Crippen LogP contribution in [0.25, 0.3) is 0 Å². The maximum Gasteiger partial charge on any atom is 0.243 e. The summed E-state index contributed by atoms with van der Waals surface area (Å²) in [7, 11) is 0. The summed E-state index contributed by atoms with van der Waals surface area (Å²) in [4.78, 5) is 29.9. The fourth-order valence-electron chi connectivity index (χ4n) is 2.58. The second-order valence-electron chi connectivity index (χ2n) is 6.16. The summed E-state index contributed by atoms with van der Waals surface area (Å²) in [5.41, 5.74) is 6.00. The van der Waals surface area contributed by atoms with Crippen molar-refractivity contribution >= 4 is 40.2 Å². The first-order chi connectivity index (χ1) is 12.0. The van der Waals surface area contributed by atoms with Gasteiger partial charge in [0.05, 0.1) is 17.6 Å². The van der Waals surface area contributed by atoms with Crippen LogP contribution in [0.2, 0.25) is 0 Å². The molecule has 0 atom stereocenters. The Bertz CT molecular complexity index is 819. The molecule has 0 unspecified atom stereocenters. The van der Waals surface area contributed by atoms with Gasteiger partial charge in [0, 0.05) is 18.2 Å². The summed E-state index contributed by atoms with van der Waals surface area (Å²) in [5.74, 6) is -0.0368. The highest BCUT2D eigenvalue weighted by Gasteiger charge is 2.29. The number of anilines is 2. The minimum absolute atomic E-state index is 0.0485. The Balaban J connectivity index is 1.81. The van der Waals surface area contributed by atoms with Crippen LogP contribution in [0.3, 0.4) is 0 Å². The van der Waals surface area contributed by atoms with E-state index < -0.39 is 0 Å². The van der Waals surface area contributed by atoms with E-state index in [0.717, 1.165) is 29.7 Å². The van der Waals surface area contributed by atoms with E-state index in [-0.39, 0.29) is 17.7 Å². The molecule has 1 aliphatic carbocycles. The molecule has 130 valence electrons. The summed E-state index contributed by atoms with van der Waals surface area (Å²) in [6.45, 7) is 5.47. The maximum atomic E-state index is 12.2. The fourth-order valence-corrected chi connectivity index (χ4v) is 3.41. The molecule has 1 heterocycles. The number of benzene rings is 1. The zero-order chi connectivity index (χ0) is 18.0. The molecule has 6 nitrogen and oxygen atoms in total. The number of hydrogen-bond donors (Lipinski definition) is 1. The average Bonchev–Trinajstić information content (AvgIpc) is 3.31. The van der Waals surface area contributed by atoms with Crippen LogP contribution in [-0.2, 0) is 9.59 Å². The number of thiazole rings is 1. The SMILES string of the molecule is CC(=O)N(c1nc(/C=N\NC(=O)C2CC2)cs1)c1c(C)cccc1C. The Morgan fingerprint density at radius 2 is 2.00 bits per heavy atom. The number of rotatable bonds is 5. The van der Waals surface area contributed by atoms with E-state index in [1.54, 1.807) is 4.90 Å². The van der Waals surface area contributed by atoms with Crippen molar-refractivity contribution < 1.29 is 9.59 Å². The molecule has 0 radical (unpaired) electrons. The largest absolute Gasteiger partial charge is 0.274 e. The van der Waals surface area contributed by atoms with Gasteiger partial charge in [-0.1, -0.05) is 18.2 Å². The molecule has 3 rings (SSSR count). The molecular formula is C18H20N4O2S. The Morgan fingerprint density at radius 1 is 1.32 bits per heavy atom. The minimum Gasteiger partial charge on any atom is -0.274 e. The molecule has 1 N–H and O–H groups in total. The highest BCUT2D eigenvalue weighted by Crippen LogP contribution is 2.33. The number of aromatic nitrogens is 1. The van der Waals surface area contributed by atoms with Crippen molar-refractivity contribution in [1.82, 2.24) is 10.4 Å². The molecule has 2 aromatic rings. The quantitative estimate of drug-likeness (QED) is 0.660. The van der Waals surface area contributed by atoms with Gasteiger partial charge in [0.25, 0.3) is 0 Å². The topological polar surface area (TPSA) is 74.7 Å². The van der Waals surface area contributed by atoms with E-state index >= 15 is 0 Å². The van der Waals surface area contributed by atoms with E-state index in [9.17, 15) is 9.59 Å². The number of aryl methyl sites for hydroxylation is 2. The third-order valence-corrected chi connectivity index (χ3v) is 4.84. The van der Waals surface area contributed by atoms with Crippen LogP contribution in [0, 0.1) is 19.8 Å². The van der Waals surface area contributed by atoms with Crippen LogP contribution in [-0.4, -0.2) is 23.0 Å². The Kier molecular flexibility index (Phi) is 4.94. The van der Waals surface area contributed by atoms with Gasteiger partial charge in [0.1, 0.15) is 0 Å². The molecule has 0 aliphatic heterocycles. The van der Waals surface area contributed by atoms with Crippen LogP contribution in [0.1, 0.15) is 36.6 Å². The van der Waals surface area contributed by atoms with Crippen molar-refractivity contribution in [2.75, 3.05) is 4.90 Å². The highest BCUT2D eigenvalue weighted by molar-refractivity contribution is 7.14. The second-order valence-corrected chi connectivity index (χ2v) is 6.99. The summed E-state index contributed by atoms with van der Waals surface area (Å²) < 4.78 is 0. The van der Waals surface area contributed by atoms with Crippen LogP contribution >= 0.6 is 11.3 Å². The molecule has 1 aromatic heterocycles. The van der Waals surface area contributed by atoms with Gasteiger partial charge >= 0.3 is 0 Å². The number of para-hydroxylation sites is 1. The first kappa shape index (κ1) is 17.3. The van der Waals surface area contributed by atoms with Gasteiger partial charge in [-0.05, 0) is 37.8 Å². The van der Waals surface area contributed by atoms with Crippen molar-refractivity contribution in [1.29, 1.82) is 0 Å². The third kappa shape index (κ3) is 3.93. The lowest BCUT2D eigenvalue weighted by atomic mass is 10.1. The monoisotopic (exact) mass is 356 g/mol. The van der Waals surface area contributed by atoms with Crippen molar-refractivity contribution in [2.45, 2.75) is 33.6 Å². The summed E-state index contributed by atoms with van der Waals surface area (Å²) in [6.07, 6.45) is 3.38. The average molecular weight is 356 g/mol. The number of nitrogens with zero attached hydrogens (tertiary/aromatic N) is 3. The number of carbonyl (C=O) groups excluding carboxylic acids is 2. The van der Waals surface area contributed by atoms with E-state index in [1.165, 1.54) is 24.5 Å². The van der Waals surface area contributed by atoms with Crippen molar-refractivity contribution in [2.24, 2.45) is 11.0 Å². The maximum absolute atomic E-state index is 12.2. The normalized spacial score (nSPS) is 13.9. The lowest BCUT2D eigenvalue weighted by Crippen LogP contribution is -2.24. The van der Waals surface area contributed by atoms with Crippen LogP contribution < -0.4 is 10.3 Å². The number of nitrogens with one attached hydrogen (secondary N) is 1. The van der Waals surface area contributed by atoms with E-state index in [0.29, 0.717) is 10.8 Å². The zero-order valence-electron chi connectivity index (χ0n) is 14.4. The first-order valence-corrected chi connectivity index (χ1v) is 9.00. The lowest BCUT2D eigenvalue weighted by molar-refractivity contribution is -0.122. The zero-order valence-corrected chi connectivity index (χ0v) is 15.3. The molecular weight excluding hydrogens is 336 g/mol. The first-order valence-electron chi connectivity index (χ1n) is 8.12. The van der Waals surface area contributed by atoms with Crippen molar-refractivity contribution in [3.05, 3.63) is 40.4 Å². The molecule has 25 heavy (non-hydrogen) atoms. The van der Waals surface area contributed by atoms with Crippen LogP contribution in [0.5, 0.6) is 0 Å². The molecule has 1 fully saturated rings. The molecule has 1 aliphatic rings. The van der Waals surface area contributed by atoms with Crippen molar-refractivity contribution in [3.8, 4) is 0 Å². The fraction of sp³-hybridized carbons (Fsp3) is 0.333. The van der Waals surface area contributed by atoms with E-state index in [4.69, 9.17) is 0 Å². The molecule has 7 heteroatoms. The van der Waals surface area contributed by atoms with Gasteiger partial charge in [-0.25, -0.2) is 10.4 Å². The van der Waals surface area contributed by atoms with Gasteiger partial charge in [-0.3, -0.25) is 14.5 Å². The molecule has 1 saturated carbocycles. The van der Waals surface area contributed by atoms with Gasteiger partial charge in [0.15, 0.2) is 5.13 Å². The molecule has 0 bridgehead atoms. The second kappa shape index (κ2) is 7.14. The highest BCUT2D eigenvalue weighted by atomic mass is 32.1. The predicted molar refractivity (Wildman–Crippen MR) is 99.3 cm³/mol. The summed E-state index contributed by atoms with van der Waals surface area (Å²) >= 11 is 1.37. The standard InChI is InChI=1S/C18H20N4O2S/c1-11-5-4-6-12(2)16(11)22(13(3)23)18-20-15(10-25-18)9-19-21-17(24)14-7-8-14/h4-6,9-10,14H,7-8H2,1-3H3,(H,21,24)/b19-9-. The summed E-state index contributed by atoms with van der Waals surface area (Å²) in [5, 5.41) is 6.34. The number of hydrazone groups is 1. The lowest BCUT2D eigenvalue weighted by Gasteiger charge is -2.22. The molecule has 1 aromatic carbocycles. The summed E-state index contributed by atoms with van der Waals surface area (Å²) in [6, 6.07) is 5.91. The van der Waals surface area contributed by atoms with E-state index in [2.05, 4.69) is 15.5 Å². The van der Waals surface area contributed by atoms with Gasteiger partial charge in [-0.2, -0.15) is 5.10 Å². The number of hydrogen-bond acceptors (Lipinski definition) is 5. The predicted octanol–water partition coefficient (Wildman–Crippen LogP) is 3.30. The third-order valence-electron chi connectivity index (χ3n) is 4.00. The van der Waals surface area contributed by atoms with Crippen LogP contribution in [0.4, 0.5) is 10.8 Å². The molecule has 2 amide bonds. The van der Waals surface area contributed by atoms with Gasteiger partial charge < -0.3 is 0 Å². The van der Waals surface area contributed by atoms with Gasteiger partial charge in [-0.15, -0.1) is 11.3 Å². The number of carbonyl (C=O) groups is 2. The molecule has 0 spiro atoms. The van der Waals surface area contributed by atoms with E-state index in [1.807, 2.05) is 37.4 Å². The smallest absolute Gasteiger partial charge is 0.243 e. The molecule has 0 saturated heterocycles. The Morgan fingerprint density at radius 3 is 2.60 bits per heavy atom. The number of amides is 2. The Hall–Kier alpha value is -2.54. The van der Waals surface area contributed by atoms with Crippen LogP contribution in [0.15, 0.2) is 28.7 Å². The van der Waals surface area contributed by atoms with Gasteiger partial charge in [0.2, 0.25) is 11.8 Å². The Labute approximate surface area is 150 Å². The minimum atomic E-state index is -0.0997.